The van der Waals surface area contributed by atoms with Crippen LogP contribution < -0.4 is 15.4 Å². The smallest absolute Gasteiger partial charge is 0.338 e. The molecular formula is C17H22N2O3S. The number of ether oxygens (including phenoxy) is 2. The van der Waals surface area contributed by atoms with Crippen molar-refractivity contribution < 1.29 is 14.3 Å². The highest BCUT2D eigenvalue weighted by Gasteiger charge is 2.33. The summed E-state index contributed by atoms with van der Waals surface area (Å²) in [5, 5.41) is 6.60. The summed E-state index contributed by atoms with van der Waals surface area (Å²) < 4.78 is 10.8. The van der Waals surface area contributed by atoms with Crippen molar-refractivity contribution in [3.8, 4) is 5.75 Å². The minimum absolute atomic E-state index is 0.370. The molecule has 0 amide bonds. The first-order chi connectivity index (χ1) is 10.7. The minimum Gasteiger partial charge on any atom is -0.497 e. The van der Waals surface area contributed by atoms with Crippen LogP contribution in [-0.2, 0) is 9.53 Å². The van der Waals surface area contributed by atoms with E-state index in [4.69, 9.17) is 21.7 Å². The Bertz CT molecular complexity index is 662. The molecule has 1 heterocycles. The Balaban J connectivity index is 2.43. The standard InChI is InChI=1S/C17H22N2O3S/c1-10-13(15(20)22-17(2,3)4)14(19-16(23)18-10)11-7-6-8-12(9-11)21-5/h6-9,14H,1-5H3,(H2,18,19,23)/t14-/m0/s1. The Hall–Kier alpha value is -2.08. The summed E-state index contributed by atoms with van der Waals surface area (Å²) in [6.45, 7) is 7.35. The van der Waals surface area contributed by atoms with E-state index in [0.29, 0.717) is 16.4 Å². The van der Waals surface area contributed by atoms with E-state index >= 15 is 0 Å². The van der Waals surface area contributed by atoms with Gasteiger partial charge in [0.05, 0.1) is 18.7 Å². The number of thiocarbonyl (C=S) groups is 1. The predicted molar refractivity (Wildman–Crippen MR) is 93.1 cm³/mol. The Labute approximate surface area is 142 Å². The van der Waals surface area contributed by atoms with E-state index in [1.165, 1.54) is 0 Å². The van der Waals surface area contributed by atoms with Gasteiger partial charge in [-0.1, -0.05) is 12.1 Å². The molecule has 23 heavy (non-hydrogen) atoms. The number of nitrogens with one attached hydrogen (secondary N) is 2. The number of hydrogen-bond donors (Lipinski definition) is 2. The summed E-state index contributed by atoms with van der Waals surface area (Å²) in [7, 11) is 1.61. The summed E-state index contributed by atoms with van der Waals surface area (Å²) in [5.41, 5.74) is 1.52. The largest absolute Gasteiger partial charge is 0.497 e. The van der Waals surface area contributed by atoms with Crippen LogP contribution in [0.1, 0.15) is 39.3 Å². The van der Waals surface area contributed by atoms with Crippen LogP contribution in [0, 0.1) is 0 Å². The van der Waals surface area contributed by atoms with Crippen molar-refractivity contribution in [3.05, 3.63) is 41.1 Å². The molecule has 1 aliphatic rings. The third-order valence-corrected chi connectivity index (χ3v) is 3.53. The zero-order chi connectivity index (χ0) is 17.2. The van der Waals surface area contributed by atoms with E-state index in [1.54, 1.807) is 7.11 Å². The zero-order valence-corrected chi connectivity index (χ0v) is 14.8. The topological polar surface area (TPSA) is 59.6 Å². The molecule has 6 heteroatoms. The van der Waals surface area contributed by atoms with Crippen LogP contribution in [0.4, 0.5) is 0 Å². The van der Waals surface area contributed by atoms with Crippen molar-refractivity contribution in [3.63, 3.8) is 0 Å². The van der Waals surface area contributed by atoms with Gasteiger partial charge in [-0.15, -0.1) is 0 Å². The lowest BCUT2D eigenvalue weighted by Gasteiger charge is -2.31. The average molecular weight is 334 g/mol. The molecule has 1 aromatic carbocycles. The predicted octanol–water partition coefficient (Wildman–Crippen LogP) is 2.83. The second-order valence-corrected chi connectivity index (χ2v) is 6.76. The number of rotatable bonds is 3. The maximum absolute atomic E-state index is 12.6. The molecule has 0 saturated carbocycles. The third-order valence-electron chi connectivity index (χ3n) is 3.32. The van der Waals surface area contributed by atoms with Gasteiger partial charge in [0.2, 0.25) is 0 Å². The number of esters is 1. The molecule has 2 N–H and O–H groups in total. The van der Waals surface area contributed by atoms with Crippen LogP contribution in [0.3, 0.4) is 0 Å². The number of benzene rings is 1. The molecule has 0 aliphatic carbocycles. The highest BCUT2D eigenvalue weighted by molar-refractivity contribution is 7.80. The van der Waals surface area contributed by atoms with Gasteiger partial charge in [-0.2, -0.15) is 0 Å². The molecule has 0 bridgehead atoms. The molecule has 0 spiro atoms. The fourth-order valence-corrected chi connectivity index (χ4v) is 2.64. The van der Waals surface area contributed by atoms with E-state index < -0.39 is 5.60 Å². The van der Waals surface area contributed by atoms with Crippen molar-refractivity contribution in [2.75, 3.05) is 7.11 Å². The van der Waals surface area contributed by atoms with Crippen molar-refractivity contribution in [2.24, 2.45) is 0 Å². The Kier molecular flexibility index (Phi) is 4.94. The van der Waals surface area contributed by atoms with Crippen LogP contribution >= 0.6 is 12.2 Å². The van der Waals surface area contributed by atoms with E-state index in [-0.39, 0.29) is 12.0 Å². The first kappa shape index (κ1) is 17.3. The maximum Gasteiger partial charge on any atom is 0.338 e. The SMILES string of the molecule is COc1cccc([C@@H]2NC(=S)NC(C)=C2C(=O)OC(C)(C)C)c1. The van der Waals surface area contributed by atoms with Crippen LogP contribution in [-0.4, -0.2) is 23.8 Å². The Morgan fingerprint density at radius 3 is 2.61 bits per heavy atom. The molecule has 0 fully saturated rings. The number of hydrogen-bond acceptors (Lipinski definition) is 4. The third kappa shape index (κ3) is 4.22. The lowest BCUT2D eigenvalue weighted by Crippen LogP contribution is -2.45. The summed E-state index contributed by atoms with van der Waals surface area (Å²) in [5.74, 6) is 0.347. The van der Waals surface area contributed by atoms with Gasteiger partial charge in [0.1, 0.15) is 11.4 Å². The fourth-order valence-electron chi connectivity index (χ4n) is 2.37. The maximum atomic E-state index is 12.6. The number of methoxy groups -OCH3 is 1. The molecule has 0 saturated heterocycles. The number of allylic oxidation sites excluding steroid dienone is 1. The molecule has 0 unspecified atom stereocenters. The second-order valence-electron chi connectivity index (χ2n) is 6.35. The number of carbonyl (C=O) groups excluding carboxylic acids is 1. The second kappa shape index (κ2) is 6.58. The first-order valence-corrected chi connectivity index (χ1v) is 7.77. The molecule has 0 aromatic heterocycles. The lowest BCUT2D eigenvalue weighted by atomic mass is 9.95. The molecule has 124 valence electrons. The van der Waals surface area contributed by atoms with Gasteiger partial charge in [0.25, 0.3) is 0 Å². The van der Waals surface area contributed by atoms with E-state index in [1.807, 2.05) is 52.0 Å². The molecule has 1 aromatic rings. The van der Waals surface area contributed by atoms with Gasteiger partial charge in [0, 0.05) is 5.70 Å². The monoisotopic (exact) mass is 334 g/mol. The van der Waals surface area contributed by atoms with Crippen molar-refractivity contribution in [1.82, 2.24) is 10.6 Å². The molecular weight excluding hydrogens is 312 g/mol. The fraction of sp³-hybridized carbons (Fsp3) is 0.412. The van der Waals surface area contributed by atoms with Crippen LogP contribution in [0.5, 0.6) is 5.75 Å². The van der Waals surface area contributed by atoms with Gasteiger partial charge in [-0.25, -0.2) is 4.79 Å². The summed E-state index contributed by atoms with van der Waals surface area (Å²) in [6, 6.07) is 7.15. The zero-order valence-electron chi connectivity index (χ0n) is 14.0. The normalized spacial score (nSPS) is 18.1. The summed E-state index contributed by atoms with van der Waals surface area (Å²) in [6.07, 6.45) is 0. The minimum atomic E-state index is -0.568. The van der Waals surface area contributed by atoms with E-state index in [0.717, 1.165) is 11.3 Å². The highest BCUT2D eigenvalue weighted by Crippen LogP contribution is 2.30. The van der Waals surface area contributed by atoms with Crippen molar-refractivity contribution in [2.45, 2.75) is 39.3 Å². The van der Waals surface area contributed by atoms with E-state index in [2.05, 4.69) is 10.6 Å². The van der Waals surface area contributed by atoms with Crippen molar-refractivity contribution in [1.29, 1.82) is 0 Å². The molecule has 1 aliphatic heterocycles. The van der Waals surface area contributed by atoms with Crippen LogP contribution in [0.15, 0.2) is 35.5 Å². The number of carbonyl (C=O) groups is 1. The molecule has 2 rings (SSSR count). The summed E-state index contributed by atoms with van der Waals surface area (Å²) >= 11 is 5.23. The molecule has 5 nitrogen and oxygen atoms in total. The quantitative estimate of drug-likeness (QED) is 0.655. The van der Waals surface area contributed by atoms with E-state index in [9.17, 15) is 4.79 Å². The Morgan fingerprint density at radius 1 is 1.30 bits per heavy atom. The van der Waals surface area contributed by atoms with Gasteiger partial charge in [-0.3, -0.25) is 0 Å². The first-order valence-electron chi connectivity index (χ1n) is 7.37. The van der Waals surface area contributed by atoms with Crippen LogP contribution in [0.2, 0.25) is 0 Å². The average Bonchev–Trinajstić information content (AvgIpc) is 2.44. The molecule has 1 atom stereocenters. The van der Waals surface area contributed by atoms with Gasteiger partial charge >= 0.3 is 5.97 Å². The lowest BCUT2D eigenvalue weighted by molar-refractivity contribution is -0.150. The molecule has 0 radical (unpaired) electrons. The Morgan fingerprint density at radius 2 is 2.00 bits per heavy atom. The van der Waals surface area contributed by atoms with Gasteiger partial charge in [0.15, 0.2) is 5.11 Å². The van der Waals surface area contributed by atoms with Gasteiger partial charge in [-0.05, 0) is 57.6 Å². The van der Waals surface area contributed by atoms with Gasteiger partial charge < -0.3 is 20.1 Å². The summed E-state index contributed by atoms with van der Waals surface area (Å²) in [4.78, 5) is 12.6. The van der Waals surface area contributed by atoms with Crippen molar-refractivity contribution >= 4 is 23.3 Å². The highest BCUT2D eigenvalue weighted by atomic mass is 32.1. The van der Waals surface area contributed by atoms with Crippen LogP contribution in [0.25, 0.3) is 0 Å².